The van der Waals surface area contributed by atoms with Crippen LogP contribution < -0.4 is 5.32 Å². The van der Waals surface area contributed by atoms with Gasteiger partial charge in [0.15, 0.2) is 0 Å². The lowest BCUT2D eigenvalue weighted by molar-refractivity contribution is -0.137. The highest BCUT2D eigenvalue weighted by Gasteiger charge is 2.35. The van der Waals surface area contributed by atoms with Gasteiger partial charge in [0.05, 0.1) is 5.56 Å². The van der Waals surface area contributed by atoms with E-state index in [1.807, 2.05) is 7.05 Å². The molecule has 17 heavy (non-hydrogen) atoms. The summed E-state index contributed by atoms with van der Waals surface area (Å²) in [6, 6.07) is 2.39. The average molecular weight is 245 g/mol. The Labute approximate surface area is 97.6 Å². The summed E-state index contributed by atoms with van der Waals surface area (Å²) in [4.78, 5) is 5.86. The van der Waals surface area contributed by atoms with Crippen LogP contribution in [-0.2, 0) is 6.18 Å². The monoisotopic (exact) mass is 245 g/mol. The predicted molar refractivity (Wildman–Crippen MR) is 58.8 cm³/mol. The Morgan fingerprint density at radius 1 is 1.47 bits per heavy atom. The van der Waals surface area contributed by atoms with Gasteiger partial charge in [-0.25, -0.2) is 4.98 Å². The van der Waals surface area contributed by atoms with Crippen molar-refractivity contribution in [2.45, 2.75) is 18.6 Å². The van der Waals surface area contributed by atoms with E-state index in [2.05, 4.69) is 15.2 Å². The molecule has 0 bridgehead atoms. The molecule has 0 saturated carbocycles. The van der Waals surface area contributed by atoms with Crippen LogP contribution in [0.2, 0.25) is 0 Å². The number of likely N-dealkylation sites (N-methyl/N-ethyl adjacent to an activating group) is 1. The van der Waals surface area contributed by atoms with Crippen molar-refractivity contribution in [3.05, 3.63) is 23.9 Å². The van der Waals surface area contributed by atoms with Gasteiger partial charge in [-0.15, -0.1) is 0 Å². The summed E-state index contributed by atoms with van der Waals surface area (Å²) in [5.74, 6) is -0.0692. The fourth-order valence-corrected chi connectivity index (χ4v) is 2.00. The van der Waals surface area contributed by atoms with Gasteiger partial charge in [-0.1, -0.05) is 0 Å². The van der Waals surface area contributed by atoms with Crippen molar-refractivity contribution < 1.29 is 13.2 Å². The van der Waals surface area contributed by atoms with Crippen molar-refractivity contribution in [2.75, 3.05) is 25.5 Å². The number of alkyl halides is 3. The molecule has 0 aliphatic carbocycles. The van der Waals surface area contributed by atoms with Crippen LogP contribution in [0.3, 0.4) is 0 Å². The Hall–Kier alpha value is -1.30. The highest BCUT2D eigenvalue weighted by Crippen LogP contribution is 2.33. The fraction of sp³-hybridized carbons (Fsp3) is 0.545. The predicted octanol–water partition coefficient (Wildman–Crippen LogP) is 2.22. The third-order valence-electron chi connectivity index (χ3n) is 2.85. The first kappa shape index (κ1) is 12.2. The summed E-state index contributed by atoms with van der Waals surface area (Å²) in [5, 5.41) is 2.87. The first-order valence-electron chi connectivity index (χ1n) is 5.44. The minimum Gasteiger partial charge on any atom is -0.365 e. The van der Waals surface area contributed by atoms with Crippen molar-refractivity contribution >= 4 is 5.82 Å². The van der Waals surface area contributed by atoms with E-state index >= 15 is 0 Å². The number of nitrogens with one attached hydrogen (secondary N) is 1. The van der Waals surface area contributed by atoms with Gasteiger partial charge in [-0.05, 0) is 32.1 Å². The van der Waals surface area contributed by atoms with Gasteiger partial charge >= 0.3 is 6.18 Å². The zero-order valence-corrected chi connectivity index (χ0v) is 9.46. The minimum absolute atomic E-state index is 0.0380. The van der Waals surface area contributed by atoms with E-state index < -0.39 is 11.7 Å². The zero-order chi connectivity index (χ0) is 12.5. The molecule has 1 fully saturated rings. The quantitative estimate of drug-likeness (QED) is 0.866. The van der Waals surface area contributed by atoms with E-state index in [-0.39, 0.29) is 11.9 Å². The summed E-state index contributed by atoms with van der Waals surface area (Å²) in [6.45, 7) is 1.64. The molecule has 0 amide bonds. The highest BCUT2D eigenvalue weighted by molar-refractivity contribution is 5.46. The van der Waals surface area contributed by atoms with E-state index in [9.17, 15) is 13.2 Å². The molecule has 6 heteroatoms. The van der Waals surface area contributed by atoms with Gasteiger partial charge < -0.3 is 10.2 Å². The Balaban J connectivity index is 2.15. The molecule has 1 saturated heterocycles. The van der Waals surface area contributed by atoms with E-state index in [1.54, 1.807) is 0 Å². The first-order valence-corrected chi connectivity index (χ1v) is 5.44. The fourth-order valence-electron chi connectivity index (χ4n) is 2.00. The summed E-state index contributed by atoms with van der Waals surface area (Å²) in [7, 11) is 1.95. The maximum absolute atomic E-state index is 12.7. The molecule has 1 N–H and O–H groups in total. The lowest BCUT2D eigenvalue weighted by Gasteiger charge is -2.17. The minimum atomic E-state index is -4.36. The van der Waals surface area contributed by atoms with Crippen molar-refractivity contribution in [3.63, 3.8) is 0 Å². The molecule has 0 radical (unpaired) electrons. The number of halogens is 3. The zero-order valence-electron chi connectivity index (χ0n) is 9.46. The largest absolute Gasteiger partial charge is 0.419 e. The third kappa shape index (κ3) is 2.88. The Kier molecular flexibility index (Phi) is 3.24. The molecule has 2 heterocycles. The van der Waals surface area contributed by atoms with Gasteiger partial charge in [0.2, 0.25) is 0 Å². The van der Waals surface area contributed by atoms with Crippen LogP contribution in [-0.4, -0.2) is 36.1 Å². The van der Waals surface area contributed by atoms with Crippen LogP contribution in [0.4, 0.5) is 19.0 Å². The molecule has 1 unspecified atom stereocenters. The van der Waals surface area contributed by atoms with Crippen molar-refractivity contribution in [2.24, 2.45) is 0 Å². The lowest BCUT2D eigenvalue weighted by atomic mass is 10.2. The second-order valence-corrected chi connectivity index (χ2v) is 4.29. The SMILES string of the molecule is CN1CCC(Nc2ncccc2C(F)(F)F)C1. The van der Waals surface area contributed by atoms with E-state index in [1.165, 1.54) is 12.3 Å². The number of anilines is 1. The van der Waals surface area contributed by atoms with Crippen LogP contribution >= 0.6 is 0 Å². The van der Waals surface area contributed by atoms with Crippen LogP contribution in [0.1, 0.15) is 12.0 Å². The molecule has 2 rings (SSSR count). The molecule has 1 atom stereocenters. The van der Waals surface area contributed by atoms with E-state index in [0.29, 0.717) is 0 Å². The Morgan fingerprint density at radius 2 is 2.24 bits per heavy atom. The molecule has 0 aromatic carbocycles. The second kappa shape index (κ2) is 4.52. The Bertz CT molecular complexity index is 392. The molecule has 1 aliphatic rings. The number of rotatable bonds is 2. The maximum Gasteiger partial charge on any atom is 0.419 e. The van der Waals surface area contributed by atoms with Crippen LogP contribution in [0.15, 0.2) is 18.3 Å². The number of pyridine rings is 1. The number of aromatic nitrogens is 1. The Morgan fingerprint density at radius 3 is 2.82 bits per heavy atom. The van der Waals surface area contributed by atoms with Gasteiger partial charge in [0.1, 0.15) is 5.82 Å². The average Bonchev–Trinajstić information content (AvgIpc) is 2.63. The molecule has 1 aromatic rings. The van der Waals surface area contributed by atoms with Crippen LogP contribution in [0.5, 0.6) is 0 Å². The van der Waals surface area contributed by atoms with Gasteiger partial charge in [-0.2, -0.15) is 13.2 Å². The van der Waals surface area contributed by atoms with Gasteiger partial charge in [0.25, 0.3) is 0 Å². The molecule has 94 valence electrons. The molecular formula is C11H14F3N3. The normalized spacial score (nSPS) is 21.8. The molecular weight excluding hydrogens is 231 g/mol. The van der Waals surface area contributed by atoms with Crippen molar-refractivity contribution in [1.82, 2.24) is 9.88 Å². The second-order valence-electron chi connectivity index (χ2n) is 4.29. The van der Waals surface area contributed by atoms with Crippen LogP contribution in [0, 0.1) is 0 Å². The number of hydrogen-bond acceptors (Lipinski definition) is 3. The number of hydrogen-bond donors (Lipinski definition) is 1. The van der Waals surface area contributed by atoms with Crippen LogP contribution in [0.25, 0.3) is 0 Å². The summed E-state index contributed by atoms with van der Waals surface area (Å²) in [6.07, 6.45) is -2.15. The summed E-state index contributed by atoms with van der Waals surface area (Å²) < 4.78 is 38.1. The van der Waals surface area contributed by atoms with E-state index in [4.69, 9.17) is 0 Å². The maximum atomic E-state index is 12.7. The topological polar surface area (TPSA) is 28.2 Å². The molecule has 3 nitrogen and oxygen atoms in total. The van der Waals surface area contributed by atoms with Gasteiger partial charge in [0, 0.05) is 18.8 Å². The first-order chi connectivity index (χ1) is 7.97. The van der Waals surface area contributed by atoms with E-state index in [0.717, 1.165) is 25.6 Å². The standard InChI is InChI=1S/C11H14F3N3/c1-17-6-4-8(7-17)16-10-9(11(12,13)14)3-2-5-15-10/h2-3,5,8H,4,6-7H2,1H3,(H,15,16). The third-order valence-corrected chi connectivity index (χ3v) is 2.85. The number of likely N-dealkylation sites (tertiary alicyclic amines) is 1. The highest BCUT2D eigenvalue weighted by atomic mass is 19.4. The van der Waals surface area contributed by atoms with Crippen molar-refractivity contribution in [1.29, 1.82) is 0 Å². The molecule has 0 spiro atoms. The van der Waals surface area contributed by atoms with Gasteiger partial charge in [-0.3, -0.25) is 0 Å². The number of nitrogens with zero attached hydrogens (tertiary/aromatic N) is 2. The molecule has 1 aliphatic heterocycles. The lowest BCUT2D eigenvalue weighted by Crippen LogP contribution is -2.25. The summed E-state index contributed by atoms with van der Waals surface area (Å²) >= 11 is 0. The smallest absolute Gasteiger partial charge is 0.365 e. The summed E-state index contributed by atoms with van der Waals surface area (Å²) in [5.41, 5.74) is -0.699. The van der Waals surface area contributed by atoms with Crippen molar-refractivity contribution in [3.8, 4) is 0 Å². The molecule has 1 aromatic heterocycles.